The molecule has 0 radical (unpaired) electrons. The van der Waals surface area contributed by atoms with E-state index in [1.165, 1.54) is 25.7 Å². The number of fused-ring (bicyclic) bond motifs is 1. The smallest absolute Gasteiger partial charge is 0.260 e. The third-order valence-electron chi connectivity index (χ3n) is 3.29. The maximum absolute atomic E-state index is 11.1. The third-order valence-corrected chi connectivity index (χ3v) is 3.29. The average molecular weight is 184 g/mol. The van der Waals surface area contributed by atoms with Crippen molar-refractivity contribution in [2.75, 3.05) is 0 Å². The molecule has 0 spiro atoms. The van der Waals surface area contributed by atoms with Crippen LogP contribution in [0.5, 0.6) is 0 Å². The molecule has 1 heterocycles. The average Bonchev–Trinajstić information content (AvgIpc) is 2.59. The number of carbonyl (C=O) groups excluding carboxylic acids is 1. The van der Waals surface area contributed by atoms with Gasteiger partial charge in [-0.15, -0.1) is 0 Å². The first-order valence-corrected chi connectivity index (χ1v) is 5.01. The van der Waals surface area contributed by atoms with E-state index in [0.29, 0.717) is 12.0 Å². The Hall–Kier alpha value is -0.610. The van der Waals surface area contributed by atoms with E-state index in [1.807, 2.05) is 0 Å². The highest BCUT2D eigenvalue weighted by Crippen LogP contribution is 2.32. The van der Waals surface area contributed by atoms with Crippen LogP contribution in [-0.4, -0.2) is 23.2 Å². The number of hydroxylamine groups is 1. The minimum atomic E-state index is -0.283. The summed E-state index contributed by atoms with van der Waals surface area (Å²) >= 11 is 0. The second-order valence-electron chi connectivity index (χ2n) is 4.08. The predicted octanol–water partition coefficient (Wildman–Crippen LogP) is 0.412. The first kappa shape index (κ1) is 8.97. The summed E-state index contributed by atoms with van der Waals surface area (Å²) in [7, 11) is 0. The second kappa shape index (κ2) is 3.64. The highest BCUT2D eigenvalue weighted by molar-refractivity contribution is 5.81. The van der Waals surface area contributed by atoms with Gasteiger partial charge in [0, 0.05) is 6.04 Å². The zero-order valence-electron chi connectivity index (χ0n) is 7.62. The van der Waals surface area contributed by atoms with Crippen LogP contribution in [0.1, 0.15) is 32.1 Å². The molecule has 1 saturated heterocycles. The van der Waals surface area contributed by atoms with E-state index in [4.69, 9.17) is 5.21 Å². The van der Waals surface area contributed by atoms with Gasteiger partial charge < -0.3 is 5.32 Å². The summed E-state index contributed by atoms with van der Waals surface area (Å²) in [5.41, 5.74) is 1.72. The number of carbonyl (C=O) groups is 1. The van der Waals surface area contributed by atoms with Crippen molar-refractivity contribution in [2.24, 2.45) is 5.92 Å². The lowest BCUT2D eigenvalue weighted by Gasteiger charge is -2.24. The Morgan fingerprint density at radius 2 is 2.15 bits per heavy atom. The van der Waals surface area contributed by atoms with Crippen molar-refractivity contribution >= 4 is 5.91 Å². The molecule has 1 aliphatic carbocycles. The van der Waals surface area contributed by atoms with E-state index in [0.717, 1.165) is 6.42 Å². The van der Waals surface area contributed by atoms with Gasteiger partial charge in [-0.05, 0) is 25.2 Å². The van der Waals surface area contributed by atoms with Crippen molar-refractivity contribution < 1.29 is 10.0 Å². The van der Waals surface area contributed by atoms with E-state index >= 15 is 0 Å². The lowest BCUT2D eigenvalue weighted by molar-refractivity contribution is -0.131. The second-order valence-corrected chi connectivity index (χ2v) is 4.08. The normalized spacial score (nSPS) is 38.4. The van der Waals surface area contributed by atoms with Gasteiger partial charge in [-0.2, -0.15) is 0 Å². The van der Waals surface area contributed by atoms with Gasteiger partial charge in [-0.25, -0.2) is 5.48 Å². The van der Waals surface area contributed by atoms with Crippen LogP contribution in [0.25, 0.3) is 0 Å². The standard InChI is InChI=1S/C9H16N2O2/c12-9(11-13)8-5-6-3-1-2-4-7(6)10-8/h6-8,10,13H,1-5H2,(H,11,12)/t6-,7-,8?/m0/s1. The van der Waals surface area contributed by atoms with Crippen LogP contribution in [0.3, 0.4) is 0 Å². The Labute approximate surface area is 77.7 Å². The van der Waals surface area contributed by atoms with Crippen LogP contribution in [0.15, 0.2) is 0 Å². The van der Waals surface area contributed by atoms with Crippen LogP contribution < -0.4 is 10.8 Å². The van der Waals surface area contributed by atoms with Crippen LogP contribution >= 0.6 is 0 Å². The summed E-state index contributed by atoms with van der Waals surface area (Å²) in [6, 6.07) is 0.342. The Morgan fingerprint density at radius 1 is 1.38 bits per heavy atom. The van der Waals surface area contributed by atoms with Crippen molar-refractivity contribution in [3.8, 4) is 0 Å². The van der Waals surface area contributed by atoms with Gasteiger partial charge in [-0.3, -0.25) is 10.0 Å². The lowest BCUT2D eigenvalue weighted by atomic mass is 9.85. The van der Waals surface area contributed by atoms with E-state index in [-0.39, 0.29) is 11.9 Å². The molecule has 4 nitrogen and oxygen atoms in total. The molecule has 0 aromatic carbocycles. The van der Waals surface area contributed by atoms with Crippen molar-refractivity contribution in [3.63, 3.8) is 0 Å². The Bertz CT molecular complexity index is 194. The monoisotopic (exact) mass is 184 g/mol. The van der Waals surface area contributed by atoms with Gasteiger partial charge >= 0.3 is 0 Å². The molecule has 0 aromatic rings. The molecule has 0 aromatic heterocycles. The van der Waals surface area contributed by atoms with Gasteiger partial charge in [0.15, 0.2) is 0 Å². The fourth-order valence-corrected chi connectivity index (χ4v) is 2.60. The highest BCUT2D eigenvalue weighted by Gasteiger charge is 2.37. The SMILES string of the molecule is O=C(NO)C1C[C@@H]2CCCC[C@@H]2N1. The zero-order chi connectivity index (χ0) is 9.26. The van der Waals surface area contributed by atoms with Crippen LogP contribution in [0, 0.1) is 5.92 Å². The summed E-state index contributed by atoms with van der Waals surface area (Å²) in [5, 5.41) is 11.8. The van der Waals surface area contributed by atoms with E-state index in [1.54, 1.807) is 5.48 Å². The van der Waals surface area contributed by atoms with Gasteiger partial charge in [0.2, 0.25) is 0 Å². The third kappa shape index (κ3) is 1.69. The Kier molecular flexibility index (Phi) is 2.51. The van der Waals surface area contributed by atoms with Crippen LogP contribution in [0.4, 0.5) is 0 Å². The topological polar surface area (TPSA) is 61.4 Å². The molecule has 2 aliphatic rings. The van der Waals surface area contributed by atoms with Crippen molar-refractivity contribution in [2.45, 2.75) is 44.2 Å². The largest absolute Gasteiger partial charge is 0.303 e. The predicted molar refractivity (Wildman–Crippen MR) is 47.2 cm³/mol. The summed E-state index contributed by atoms with van der Waals surface area (Å²) in [6.45, 7) is 0. The molecular formula is C9H16N2O2. The maximum Gasteiger partial charge on any atom is 0.260 e. The maximum atomic E-state index is 11.1. The molecule has 1 amide bonds. The summed E-state index contributed by atoms with van der Waals surface area (Å²) in [4.78, 5) is 11.1. The number of nitrogens with one attached hydrogen (secondary N) is 2. The Balaban J connectivity index is 1.94. The van der Waals surface area contributed by atoms with Crippen LogP contribution in [-0.2, 0) is 4.79 Å². The molecule has 3 N–H and O–H groups in total. The molecule has 13 heavy (non-hydrogen) atoms. The van der Waals surface area contributed by atoms with E-state index in [2.05, 4.69) is 5.32 Å². The first-order chi connectivity index (χ1) is 6.31. The summed E-state index contributed by atoms with van der Waals surface area (Å²) in [6.07, 6.45) is 5.85. The van der Waals surface area contributed by atoms with Crippen LogP contribution in [0.2, 0.25) is 0 Å². The van der Waals surface area contributed by atoms with Gasteiger partial charge in [0.05, 0.1) is 6.04 Å². The molecule has 1 saturated carbocycles. The molecule has 1 aliphatic heterocycles. The van der Waals surface area contributed by atoms with E-state index in [9.17, 15) is 4.79 Å². The molecule has 4 heteroatoms. The number of amides is 1. The van der Waals surface area contributed by atoms with Gasteiger partial charge in [-0.1, -0.05) is 12.8 Å². The number of hydrogen-bond acceptors (Lipinski definition) is 3. The molecule has 2 rings (SSSR count). The fraction of sp³-hybridized carbons (Fsp3) is 0.889. The quantitative estimate of drug-likeness (QED) is 0.408. The first-order valence-electron chi connectivity index (χ1n) is 5.01. The highest BCUT2D eigenvalue weighted by atomic mass is 16.5. The lowest BCUT2D eigenvalue weighted by Crippen LogP contribution is -2.42. The molecule has 2 fully saturated rings. The number of hydrogen-bond donors (Lipinski definition) is 3. The summed E-state index contributed by atoms with van der Waals surface area (Å²) < 4.78 is 0. The summed E-state index contributed by atoms with van der Waals surface area (Å²) in [5.74, 6) is 0.366. The van der Waals surface area contributed by atoms with Crippen molar-refractivity contribution in [1.29, 1.82) is 0 Å². The molecule has 74 valence electrons. The minimum Gasteiger partial charge on any atom is -0.303 e. The van der Waals surface area contributed by atoms with Crippen molar-refractivity contribution in [1.82, 2.24) is 10.8 Å². The fourth-order valence-electron chi connectivity index (χ4n) is 2.60. The van der Waals surface area contributed by atoms with Crippen molar-refractivity contribution in [3.05, 3.63) is 0 Å². The molecule has 3 atom stereocenters. The molecule has 0 bridgehead atoms. The number of rotatable bonds is 1. The Morgan fingerprint density at radius 3 is 2.85 bits per heavy atom. The molecular weight excluding hydrogens is 168 g/mol. The molecule has 1 unspecified atom stereocenters. The van der Waals surface area contributed by atoms with E-state index < -0.39 is 0 Å². The van der Waals surface area contributed by atoms with Gasteiger partial charge in [0.25, 0.3) is 5.91 Å². The van der Waals surface area contributed by atoms with Gasteiger partial charge in [0.1, 0.15) is 0 Å². The minimum absolute atomic E-state index is 0.168. The zero-order valence-corrected chi connectivity index (χ0v) is 7.62.